The second-order valence-electron chi connectivity index (χ2n) is 6.46. The number of benzene rings is 2. The average molecular weight is 381 g/mol. The molecule has 0 aliphatic heterocycles. The monoisotopic (exact) mass is 381 g/mol. The van der Waals surface area contributed by atoms with Gasteiger partial charge in [-0.05, 0) is 54.7 Å². The van der Waals surface area contributed by atoms with Crippen LogP contribution in [-0.2, 0) is 19.4 Å². The molecule has 0 unspecified atom stereocenters. The summed E-state index contributed by atoms with van der Waals surface area (Å²) in [4.78, 5) is 0. The maximum atomic E-state index is 13.0. The van der Waals surface area contributed by atoms with Crippen LogP contribution in [-0.4, -0.2) is 28.7 Å². The number of nitrogens with zero attached hydrogens (tertiary/aromatic N) is 3. The summed E-state index contributed by atoms with van der Waals surface area (Å²) in [6.07, 6.45) is 6.14. The first-order valence-electron chi connectivity index (χ1n) is 9.22. The lowest BCUT2D eigenvalue weighted by molar-refractivity contribution is 0.289. The normalized spacial score (nSPS) is 10.6. The van der Waals surface area contributed by atoms with Crippen LogP contribution in [0.4, 0.5) is 4.39 Å². The molecule has 0 atom stereocenters. The standard InChI is InChI=1S/C22H24FN3O2/c1-3-5-17-9-12-21(22(14-17)27-2)28-13-4-6-20-16-26(25-24-20)15-18-7-10-19(23)11-8-18/h3,7-12,14,16H,1,4-6,13,15H2,2H3. The molecule has 0 bridgehead atoms. The van der Waals surface area contributed by atoms with E-state index in [0.29, 0.717) is 13.2 Å². The minimum atomic E-state index is -0.241. The van der Waals surface area contributed by atoms with Crippen LogP contribution in [0.25, 0.3) is 0 Å². The first-order chi connectivity index (χ1) is 13.7. The van der Waals surface area contributed by atoms with E-state index in [2.05, 4.69) is 16.9 Å². The fourth-order valence-electron chi connectivity index (χ4n) is 2.87. The van der Waals surface area contributed by atoms with Crippen LogP contribution in [0.15, 0.2) is 61.3 Å². The van der Waals surface area contributed by atoms with Crippen molar-refractivity contribution >= 4 is 0 Å². The third-order valence-electron chi connectivity index (χ3n) is 4.29. The number of allylic oxidation sites excluding steroid dienone is 1. The van der Waals surface area contributed by atoms with Gasteiger partial charge in [0.1, 0.15) is 5.82 Å². The Morgan fingerprint density at radius 2 is 1.89 bits per heavy atom. The van der Waals surface area contributed by atoms with Crippen molar-refractivity contribution in [1.82, 2.24) is 15.0 Å². The lowest BCUT2D eigenvalue weighted by Crippen LogP contribution is -2.02. The van der Waals surface area contributed by atoms with Crippen LogP contribution in [0.1, 0.15) is 23.2 Å². The van der Waals surface area contributed by atoms with E-state index in [4.69, 9.17) is 9.47 Å². The van der Waals surface area contributed by atoms with Crippen LogP contribution in [0.5, 0.6) is 11.5 Å². The van der Waals surface area contributed by atoms with Crippen LogP contribution < -0.4 is 9.47 Å². The van der Waals surface area contributed by atoms with Crippen LogP contribution in [0, 0.1) is 5.82 Å². The molecule has 0 fully saturated rings. The van der Waals surface area contributed by atoms with Crippen molar-refractivity contribution in [3.8, 4) is 11.5 Å². The highest BCUT2D eigenvalue weighted by atomic mass is 19.1. The maximum Gasteiger partial charge on any atom is 0.161 e. The molecule has 0 saturated carbocycles. The van der Waals surface area contributed by atoms with E-state index >= 15 is 0 Å². The topological polar surface area (TPSA) is 49.2 Å². The first kappa shape index (κ1) is 19.6. The van der Waals surface area contributed by atoms with Gasteiger partial charge in [-0.2, -0.15) is 0 Å². The molecule has 0 saturated heterocycles. The van der Waals surface area contributed by atoms with Crippen molar-refractivity contribution in [2.75, 3.05) is 13.7 Å². The Bertz CT molecular complexity index is 906. The molecular weight excluding hydrogens is 357 g/mol. The summed E-state index contributed by atoms with van der Waals surface area (Å²) in [6, 6.07) is 12.3. The van der Waals surface area contributed by atoms with Crippen molar-refractivity contribution in [1.29, 1.82) is 0 Å². The smallest absolute Gasteiger partial charge is 0.161 e. The first-order valence-corrected chi connectivity index (χ1v) is 9.22. The van der Waals surface area contributed by atoms with E-state index in [1.807, 2.05) is 30.5 Å². The largest absolute Gasteiger partial charge is 0.493 e. The Hall–Kier alpha value is -3.15. The minimum absolute atomic E-state index is 0.241. The second-order valence-corrected chi connectivity index (χ2v) is 6.46. The van der Waals surface area contributed by atoms with E-state index in [1.54, 1.807) is 23.9 Å². The molecule has 3 aromatic rings. The van der Waals surface area contributed by atoms with Gasteiger partial charge in [0.2, 0.25) is 0 Å². The molecule has 3 rings (SSSR count). The number of aromatic nitrogens is 3. The number of methoxy groups -OCH3 is 1. The van der Waals surface area contributed by atoms with Gasteiger partial charge in [0.15, 0.2) is 11.5 Å². The summed E-state index contributed by atoms with van der Waals surface area (Å²) >= 11 is 0. The van der Waals surface area contributed by atoms with Gasteiger partial charge < -0.3 is 9.47 Å². The second kappa shape index (κ2) is 9.69. The van der Waals surface area contributed by atoms with Crippen LogP contribution >= 0.6 is 0 Å². The quantitative estimate of drug-likeness (QED) is 0.390. The number of hydrogen-bond donors (Lipinski definition) is 0. The van der Waals surface area contributed by atoms with E-state index in [1.165, 1.54) is 12.1 Å². The molecule has 0 amide bonds. The SMILES string of the molecule is C=CCc1ccc(OCCCc2cn(Cc3ccc(F)cc3)nn2)c(OC)c1. The van der Waals surface area contributed by atoms with E-state index in [9.17, 15) is 4.39 Å². The van der Waals surface area contributed by atoms with Crippen LogP contribution in [0.3, 0.4) is 0 Å². The number of ether oxygens (including phenoxy) is 2. The van der Waals surface area contributed by atoms with Crippen molar-refractivity contribution in [2.24, 2.45) is 0 Å². The number of aryl methyl sites for hydroxylation is 1. The zero-order valence-electron chi connectivity index (χ0n) is 16.0. The third-order valence-corrected chi connectivity index (χ3v) is 4.29. The lowest BCUT2D eigenvalue weighted by Gasteiger charge is -2.11. The third kappa shape index (κ3) is 5.42. The Morgan fingerprint density at radius 3 is 2.64 bits per heavy atom. The summed E-state index contributed by atoms with van der Waals surface area (Å²) in [7, 11) is 1.64. The molecule has 0 aliphatic rings. The van der Waals surface area contributed by atoms with Gasteiger partial charge in [-0.25, -0.2) is 9.07 Å². The molecule has 0 N–H and O–H groups in total. The number of rotatable bonds is 10. The van der Waals surface area contributed by atoms with Crippen molar-refractivity contribution in [3.63, 3.8) is 0 Å². The summed E-state index contributed by atoms with van der Waals surface area (Å²) in [5, 5.41) is 8.32. The summed E-state index contributed by atoms with van der Waals surface area (Å²) in [6.45, 7) is 4.88. The van der Waals surface area contributed by atoms with Gasteiger partial charge >= 0.3 is 0 Å². The molecule has 2 aromatic carbocycles. The molecule has 0 aliphatic carbocycles. The predicted octanol–water partition coefficient (Wildman–Crippen LogP) is 4.21. The van der Waals surface area contributed by atoms with Gasteiger partial charge in [-0.1, -0.05) is 29.5 Å². The average Bonchev–Trinajstić information content (AvgIpc) is 3.15. The lowest BCUT2D eigenvalue weighted by atomic mass is 10.1. The zero-order chi connectivity index (χ0) is 19.8. The Morgan fingerprint density at radius 1 is 1.11 bits per heavy atom. The minimum Gasteiger partial charge on any atom is -0.493 e. The highest BCUT2D eigenvalue weighted by Gasteiger charge is 2.07. The summed E-state index contributed by atoms with van der Waals surface area (Å²) in [5.41, 5.74) is 3.02. The highest BCUT2D eigenvalue weighted by Crippen LogP contribution is 2.28. The molecule has 0 spiro atoms. The van der Waals surface area contributed by atoms with Gasteiger partial charge in [0.05, 0.1) is 26.0 Å². The molecule has 0 radical (unpaired) electrons. The molecular formula is C22H24FN3O2. The molecule has 6 heteroatoms. The maximum absolute atomic E-state index is 13.0. The summed E-state index contributed by atoms with van der Waals surface area (Å²) < 4.78 is 26.0. The van der Waals surface area contributed by atoms with E-state index < -0.39 is 0 Å². The fourth-order valence-corrected chi connectivity index (χ4v) is 2.87. The van der Waals surface area contributed by atoms with E-state index in [-0.39, 0.29) is 5.82 Å². The van der Waals surface area contributed by atoms with E-state index in [0.717, 1.165) is 47.6 Å². The summed E-state index contributed by atoms with van der Waals surface area (Å²) in [5.74, 6) is 1.22. The Kier molecular flexibility index (Phi) is 6.78. The van der Waals surface area contributed by atoms with Gasteiger partial charge in [-0.3, -0.25) is 0 Å². The predicted molar refractivity (Wildman–Crippen MR) is 106 cm³/mol. The number of hydrogen-bond acceptors (Lipinski definition) is 4. The van der Waals surface area contributed by atoms with Gasteiger partial charge in [0, 0.05) is 6.20 Å². The molecule has 1 heterocycles. The van der Waals surface area contributed by atoms with Crippen molar-refractivity contribution < 1.29 is 13.9 Å². The molecule has 5 nitrogen and oxygen atoms in total. The Labute approximate surface area is 164 Å². The van der Waals surface area contributed by atoms with Gasteiger partial charge in [0.25, 0.3) is 0 Å². The molecule has 146 valence electrons. The van der Waals surface area contributed by atoms with Crippen molar-refractivity contribution in [3.05, 3.63) is 84.0 Å². The fraction of sp³-hybridized carbons (Fsp3) is 0.273. The van der Waals surface area contributed by atoms with Gasteiger partial charge in [-0.15, -0.1) is 11.7 Å². The molecule has 1 aromatic heterocycles. The zero-order valence-corrected chi connectivity index (χ0v) is 16.0. The Balaban J connectivity index is 1.47. The van der Waals surface area contributed by atoms with Crippen LogP contribution in [0.2, 0.25) is 0 Å². The highest BCUT2D eigenvalue weighted by molar-refractivity contribution is 5.43. The van der Waals surface area contributed by atoms with Crippen molar-refractivity contribution in [2.45, 2.75) is 25.8 Å². The molecule has 28 heavy (non-hydrogen) atoms. The number of halogens is 1.